The summed E-state index contributed by atoms with van der Waals surface area (Å²) in [4.78, 5) is 5.02. The van der Waals surface area contributed by atoms with Crippen LogP contribution in [0.1, 0.15) is 128 Å². The maximum Gasteiger partial charge on any atom is 0.128 e. The number of rotatable bonds is 4. The van der Waals surface area contributed by atoms with Crippen molar-refractivity contribution >= 4 is 14.8 Å². The van der Waals surface area contributed by atoms with Gasteiger partial charge in [-0.2, -0.15) is 0 Å². The van der Waals surface area contributed by atoms with E-state index >= 15 is 0 Å². The largest absolute Gasteiger partial charge is 0.128 e. The fraction of sp³-hybridized carbons (Fsp3) is 1.00. The van der Waals surface area contributed by atoms with E-state index in [4.69, 9.17) is 4.86 Å². The van der Waals surface area contributed by atoms with Gasteiger partial charge in [0.2, 0.25) is 0 Å². The van der Waals surface area contributed by atoms with Crippen molar-refractivity contribution in [3.8, 4) is 0 Å². The Bertz CT molecular complexity index is 429. The summed E-state index contributed by atoms with van der Waals surface area (Å²) < 4.78 is 0. The van der Waals surface area contributed by atoms with Gasteiger partial charge in [0.1, 0.15) is 27.2 Å². The van der Waals surface area contributed by atoms with Crippen LogP contribution in [0, 0.1) is 0 Å². The molecule has 0 spiro atoms. The molecule has 166 valence electrons. The predicted molar refractivity (Wildman–Crippen MR) is 134 cm³/mol. The maximum absolute atomic E-state index is 5.02. The Morgan fingerprint density at radius 3 is 0.828 bits per heavy atom. The molecule has 1 nitrogen and oxygen atoms in total. The van der Waals surface area contributed by atoms with Gasteiger partial charge in [0.15, 0.2) is 0 Å². The lowest BCUT2D eigenvalue weighted by Crippen LogP contribution is -2.38. The summed E-state index contributed by atoms with van der Waals surface area (Å²) in [5, 5.41) is 0. The highest BCUT2D eigenvalue weighted by molar-refractivity contribution is 7.93. The van der Waals surface area contributed by atoms with Gasteiger partial charge in [-0.1, -0.05) is 30.5 Å². The second-order valence-electron chi connectivity index (χ2n) is 11.6. The molecule has 0 amide bonds. The van der Waals surface area contributed by atoms with Gasteiger partial charge in [0, 0.05) is 0 Å². The fourth-order valence-electron chi connectivity index (χ4n) is 8.60. The van der Waals surface area contributed by atoms with Crippen molar-refractivity contribution in [1.29, 1.82) is 0 Å². The first-order valence-corrected chi connectivity index (χ1v) is 18.1. The molecule has 1 heterocycles. The fourth-order valence-corrected chi connectivity index (χ4v) is 25.2. The van der Waals surface area contributed by atoms with Crippen LogP contribution in [0.5, 0.6) is 0 Å². The van der Waals surface area contributed by atoms with Gasteiger partial charge < -0.3 is 0 Å². The Labute approximate surface area is 183 Å². The van der Waals surface area contributed by atoms with Crippen molar-refractivity contribution in [2.24, 2.45) is 0 Å². The summed E-state index contributed by atoms with van der Waals surface area (Å²) in [6, 6.07) is 0. The van der Waals surface area contributed by atoms with Gasteiger partial charge in [-0.05, 0) is 103 Å². The van der Waals surface area contributed by atoms with Crippen LogP contribution in [0.25, 0.3) is 0 Å². The number of nitrogens with one attached hydrogen (secondary N) is 1. The lowest BCUT2D eigenvalue weighted by atomic mass is 9.99. The molecule has 0 radical (unpaired) electrons. The highest BCUT2D eigenvalue weighted by Crippen LogP contribution is 2.86. The second-order valence-corrected chi connectivity index (χ2v) is 19.9. The molecule has 5 rings (SSSR count). The third-order valence-corrected chi connectivity index (χ3v) is 22.7. The van der Waals surface area contributed by atoms with E-state index in [9.17, 15) is 0 Å². The van der Waals surface area contributed by atoms with Crippen molar-refractivity contribution in [3.63, 3.8) is 0 Å². The molecule has 4 aliphatic carbocycles. The molecule has 29 heavy (non-hydrogen) atoms. The van der Waals surface area contributed by atoms with Crippen LogP contribution >= 0.6 is 14.8 Å². The molecule has 0 aromatic carbocycles. The zero-order valence-corrected chi connectivity index (χ0v) is 21.0. The Kier molecular flexibility index (Phi) is 7.28. The number of hydrogen-bond acceptors (Lipinski definition) is 1. The zero-order valence-electron chi connectivity index (χ0n) is 19.3. The maximum atomic E-state index is 5.02. The summed E-state index contributed by atoms with van der Waals surface area (Å²) >= 11 is 0. The molecule has 0 bridgehead atoms. The molecule has 0 atom stereocenters. The lowest BCUT2D eigenvalue weighted by molar-refractivity contribution is 0.472. The van der Waals surface area contributed by atoms with Gasteiger partial charge in [0.25, 0.3) is 0 Å². The van der Waals surface area contributed by atoms with E-state index in [-0.39, 0.29) is 0 Å². The van der Waals surface area contributed by atoms with Gasteiger partial charge in [0.05, 0.1) is 22.6 Å². The Morgan fingerprint density at radius 1 is 0.345 bits per heavy atom. The molecule has 1 N–H and O–H groups in total. The van der Waals surface area contributed by atoms with Gasteiger partial charge in [-0.3, -0.25) is 0 Å². The lowest BCUT2D eigenvalue weighted by Gasteiger charge is -2.43. The third-order valence-electron chi connectivity index (χ3n) is 10.1. The van der Waals surface area contributed by atoms with E-state index in [1.165, 1.54) is 25.7 Å². The molecule has 0 aromatic heterocycles. The minimum atomic E-state index is -0.953. The summed E-state index contributed by atoms with van der Waals surface area (Å²) in [5.41, 5.74) is 4.53. The minimum absolute atomic E-state index is 0.953. The summed E-state index contributed by atoms with van der Waals surface area (Å²) in [6.45, 7) is 0. The van der Waals surface area contributed by atoms with E-state index in [0.29, 0.717) is 0 Å². The Morgan fingerprint density at radius 2 is 0.586 bits per heavy atom. The second kappa shape index (κ2) is 9.75. The first-order chi connectivity index (χ1) is 14.3. The zero-order chi connectivity index (χ0) is 19.6. The van der Waals surface area contributed by atoms with Gasteiger partial charge in [-0.25, -0.2) is 0 Å². The first kappa shape index (κ1) is 21.7. The molecular formula is C26H49NP2+2. The van der Waals surface area contributed by atoms with Crippen LogP contribution in [0.3, 0.4) is 0 Å². The highest BCUT2D eigenvalue weighted by Gasteiger charge is 2.70. The molecule has 5 aliphatic rings. The first-order valence-electron chi connectivity index (χ1n) is 13.9. The van der Waals surface area contributed by atoms with E-state index in [0.717, 1.165) is 22.6 Å². The summed E-state index contributed by atoms with van der Waals surface area (Å²) in [6.07, 6.45) is 34.8. The Balaban J connectivity index is 1.47. The molecule has 0 unspecified atom stereocenters. The van der Waals surface area contributed by atoms with Crippen LogP contribution in [-0.2, 0) is 0 Å². The highest BCUT2D eigenvalue weighted by atomic mass is 31.3. The monoisotopic (exact) mass is 437 g/mol. The molecule has 0 aromatic rings. The SMILES string of the molecule is C1CCC([P+]2(C3CCCCC3)CC[P+](C3CCCCC3)(C3CCCCC3)N2)CC1. The van der Waals surface area contributed by atoms with Crippen molar-refractivity contribution in [3.05, 3.63) is 0 Å². The molecule has 3 heteroatoms. The average Bonchev–Trinajstić information content (AvgIpc) is 3.25. The summed E-state index contributed by atoms with van der Waals surface area (Å²) in [7, 11) is -1.91. The van der Waals surface area contributed by atoms with E-state index in [1.807, 2.05) is 0 Å². The van der Waals surface area contributed by atoms with Gasteiger partial charge in [-0.15, -0.1) is 0 Å². The molecule has 5 fully saturated rings. The predicted octanol–water partition coefficient (Wildman–Crippen LogP) is 8.79. The van der Waals surface area contributed by atoms with Crippen molar-refractivity contribution in [1.82, 2.24) is 4.86 Å². The van der Waals surface area contributed by atoms with E-state index in [2.05, 4.69) is 0 Å². The van der Waals surface area contributed by atoms with E-state index in [1.54, 1.807) is 115 Å². The van der Waals surface area contributed by atoms with Crippen molar-refractivity contribution in [2.45, 2.75) is 151 Å². The molecular weight excluding hydrogens is 388 g/mol. The normalized spacial score (nSPS) is 33.1. The van der Waals surface area contributed by atoms with Crippen molar-refractivity contribution in [2.75, 3.05) is 12.3 Å². The van der Waals surface area contributed by atoms with Crippen LogP contribution in [0.2, 0.25) is 0 Å². The Hall–Kier alpha value is 0.820. The quantitative estimate of drug-likeness (QED) is 0.433. The standard InChI is InChI=1S/C26H49NP2/c1-5-13-23(14-6-1)28(24-15-7-2-8-16-24)21-22-29(27-28,25-17-9-3-10-18-25)26-19-11-4-12-20-26/h23-27H,1-22H2/q+2. The molecule has 1 aliphatic heterocycles. The molecule has 1 saturated heterocycles. The van der Waals surface area contributed by atoms with Crippen LogP contribution in [0.4, 0.5) is 0 Å². The summed E-state index contributed by atoms with van der Waals surface area (Å²) in [5.74, 6) is 0. The van der Waals surface area contributed by atoms with Crippen molar-refractivity contribution < 1.29 is 0 Å². The smallest absolute Gasteiger partial charge is 0.0753 e. The third kappa shape index (κ3) is 4.25. The topological polar surface area (TPSA) is 12.0 Å². The van der Waals surface area contributed by atoms with Crippen LogP contribution in [-0.4, -0.2) is 35.0 Å². The average molecular weight is 438 g/mol. The molecule has 4 saturated carbocycles. The number of hydrogen-bond donors (Lipinski definition) is 1. The minimum Gasteiger partial charge on any atom is -0.0753 e. The van der Waals surface area contributed by atoms with Crippen LogP contribution < -0.4 is 4.86 Å². The van der Waals surface area contributed by atoms with E-state index < -0.39 is 14.8 Å². The van der Waals surface area contributed by atoms with Crippen LogP contribution in [0.15, 0.2) is 0 Å². The van der Waals surface area contributed by atoms with Gasteiger partial charge >= 0.3 is 0 Å².